The Morgan fingerprint density at radius 1 is 1.47 bits per heavy atom. The van der Waals surface area contributed by atoms with Crippen LogP contribution in [0.1, 0.15) is 21.7 Å². The molecule has 0 radical (unpaired) electrons. The SMILES string of the molecule is Cc1ccc(C(=O)NCCc2nccn2C)cc1Br. The van der Waals surface area contributed by atoms with Crippen molar-refractivity contribution in [2.24, 2.45) is 7.05 Å². The number of hydrogen-bond donors (Lipinski definition) is 1. The molecule has 0 aliphatic heterocycles. The Kier molecular flexibility index (Phi) is 4.37. The monoisotopic (exact) mass is 321 g/mol. The predicted molar refractivity (Wildman–Crippen MR) is 78.1 cm³/mol. The molecule has 0 aliphatic carbocycles. The fourth-order valence-electron chi connectivity index (χ4n) is 1.76. The highest BCUT2D eigenvalue weighted by atomic mass is 79.9. The lowest BCUT2D eigenvalue weighted by molar-refractivity contribution is 0.0954. The molecule has 100 valence electrons. The highest BCUT2D eigenvalue weighted by Gasteiger charge is 2.07. The van der Waals surface area contributed by atoms with Crippen molar-refractivity contribution in [1.82, 2.24) is 14.9 Å². The first-order valence-electron chi connectivity index (χ1n) is 6.08. The van der Waals surface area contributed by atoms with Crippen LogP contribution in [0.25, 0.3) is 0 Å². The summed E-state index contributed by atoms with van der Waals surface area (Å²) in [6.45, 7) is 2.57. The maximum atomic E-state index is 12.0. The van der Waals surface area contributed by atoms with Gasteiger partial charge in [0.05, 0.1) is 0 Å². The zero-order chi connectivity index (χ0) is 13.8. The van der Waals surface area contributed by atoms with E-state index in [2.05, 4.69) is 26.2 Å². The third kappa shape index (κ3) is 3.44. The zero-order valence-electron chi connectivity index (χ0n) is 11.0. The first-order valence-corrected chi connectivity index (χ1v) is 6.88. The number of halogens is 1. The Balaban J connectivity index is 1.91. The Bertz CT molecular complexity index is 592. The third-order valence-corrected chi connectivity index (χ3v) is 3.84. The molecule has 4 nitrogen and oxygen atoms in total. The molecule has 1 N–H and O–H groups in total. The van der Waals surface area contributed by atoms with Crippen molar-refractivity contribution >= 4 is 21.8 Å². The summed E-state index contributed by atoms with van der Waals surface area (Å²) >= 11 is 3.43. The van der Waals surface area contributed by atoms with Crippen LogP contribution in [0.5, 0.6) is 0 Å². The number of aromatic nitrogens is 2. The molecule has 0 unspecified atom stereocenters. The van der Waals surface area contributed by atoms with Crippen LogP contribution in [0.15, 0.2) is 35.1 Å². The Hall–Kier alpha value is -1.62. The van der Waals surface area contributed by atoms with Crippen LogP contribution in [-0.4, -0.2) is 22.0 Å². The number of hydrogen-bond acceptors (Lipinski definition) is 2. The Labute approximate surface area is 121 Å². The van der Waals surface area contributed by atoms with E-state index >= 15 is 0 Å². The van der Waals surface area contributed by atoms with Gasteiger partial charge in [-0.2, -0.15) is 0 Å². The van der Waals surface area contributed by atoms with E-state index in [1.54, 1.807) is 6.20 Å². The molecule has 1 heterocycles. The van der Waals surface area contributed by atoms with Gasteiger partial charge in [-0.25, -0.2) is 4.98 Å². The second-order valence-electron chi connectivity index (χ2n) is 4.42. The second kappa shape index (κ2) is 6.02. The Morgan fingerprint density at radius 2 is 2.26 bits per heavy atom. The van der Waals surface area contributed by atoms with Crippen molar-refractivity contribution in [3.63, 3.8) is 0 Å². The van der Waals surface area contributed by atoms with E-state index in [1.807, 2.05) is 42.9 Å². The number of nitrogens with zero attached hydrogens (tertiary/aromatic N) is 2. The molecule has 1 aromatic heterocycles. The number of imidazole rings is 1. The van der Waals surface area contributed by atoms with Gasteiger partial charge >= 0.3 is 0 Å². The van der Waals surface area contributed by atoms with E-state index in [-0.39, 0.29) is 5.91 Å². The number of carbonyl (C=O) groups is 1. The fraction of sp³-hybridized carbons (Fsp3) is 0.286. The summed E-state index contributed by atoms with van der Waals surface area (Å²) in [5, 5.41) is 2.90. The normalized spacial score (nSPS) is 10.5. The van der Waals surface area contributed by atoms with Crippen LogP contribution in [0, 0.1) is 6.92 Å². The highest BCUT2D eigenvalue weighted by Crippen LogP contribution is 2.17. The summed E-state index contributed by atoms with van der Waals surface area (Å²) < 4.78 is 2.90. The van der Waals surface area contributed by atoms with Gasteiger partial charge in [0.15, 0.2) is 0 Å². The van der Waals surface area contributed by atoms with Crippen LogP contribution in [0.2, 0.25) is 0 Å². The van der Waals surface area contributed by atoms with E-state index < -0.39 is 0 Å². The van der Waals surface area contributed by atoms with Crippen molar-refractivity contribution in [3.05, 3.63) is 52.0 Å². The summed E-state index contributed by atoms with van der Waals surface area (Å²) in [5.74, 6) is 0.903. The summed E-state index contributed by atoms with van der Waals surface area (Å²) in [5.41, 5.74) is 1.78. The molecular weight excluding hydrogens is 306 g/mol. The van der Waals surface area contributed by atoms with Gasteiger partial charge in [-0.3, -0.25) is 4.79 Å². The molecule has 5 heteroatoms. The zero-order valence-corrected chi connectivity index (χ0v) is 12.6. The molecule has 0 bridgehead atoms. The van der Waals surface area contributed by atoms with Gasteiger partial charge < -0.3 is 9.88 Å². The molecule has 0 spiro atoms. The number of carbonyl (C=O) groups excluding carboxylic acids is 1. The van der Waals surface area contributed by atoms with Gasteiger partial charge in [0.1, 0.15) is 5.82 Å². The minimum absolute atomic E-state index is 0.0603. The minimum atomic E-state index is -0.0603. The average Bonchev–Trinajstić information content (AvgIpc) is 2.78. The molecule has 0 saturated heterocycles. The topological polar surface area (TPSA) is 46.9 Å². The third-order valence-electron chi connectivity index (χ3n) is 2.99. The lowest BCUT2D eigenvalue weighted by Crippen LogP contribution is -2.26. The number of rotatable bonds is 4. The van der Waals surface area contributed by atoms with E-state index in [9.17, 15) is 4.79 Å². The molecule has 1 amide bonds. The standard InChI is InChI=1S/C14H16BrN3O/c1-10-3-4-11(9-12(10)15)14(19)17-6-5-13-16-7-8-18(13)2/h3-4,7-9H,5-6H2,1-2H3,(H,17,19). The average molecular weight is 322 g/mol. The van der Waals surface area contributed by atoms with Crippen LogP contribution in [-0.2, 0) is 13.5 Å². The molecular formula is C14H16BrN3O. The minimum Gasteiger partial charge on any atom is -0.352 e. The first kappa shape index (κ1) is 13.8. The highest BCUT2D eigenvalue weighted by molar-refractivity contribution is 9.10. The van der Waals surface area contributed by atoms with Crippen molar-refractivity contribution in [3.8, 4) is 0 Å². The van der Waals surface area contributed by atoms with Crippen molar-refractivity contribution < 1.29 is 4.79 Å². The van der Waals surface area contributed by atoms with Crippen LogP contribution in [0.3, 0.4) is 0 Å². The van der Waals surface area contributed by atoms with Gasteiger partial charge in [-0.15, -0.1) is 0 Å². The number of benzene rings is 1. The lowest BCUT2D eigenvalue weighted by atomic mass is 10.1. The van der Waals surface area contributed by atoms with Gasteiger partial charge in [0.2, 0.25) is 0 Å². The molecule has 0 fully saturated rings. The fourth-order valence-corrected chi connectivity index (χ4v) is 2.14. The van der Waals surface area contributed by atoms with E-state index in [0.29, 0.717) is 12.1 Å². The summed E-state index contributed by atoms with van der Waals surface area (Å²) in [6.07, 6.45) is 4.38. The molecule has 2 aromatic rings. The van der Waals surface area contributed by atoms with Gasteiger partial charge in [0, 0.05) is 42.4 Å². The van der Waals surface area contributed by atoms with Crippen LogP contribution >= 0.6 is 15.9 Å². The van der Waals surface area contributed by atoms with Gasteiger partial charge in [-0.05, 0) is 24.6 Å². The summed E-state index contributed by atoms with van der Waals surface area (Å²) in [7, 11) is 1.95. The molecule has 0 aliphatic rings. The van der Waals surface area contributed by atoms with Crippen LogP contribution < -0.4 is 5.32 Å². The van der Waals surface area contributed by atoms with Crippen LogP contribution in [0.4, 0.5) is 0 Å². The van der Waals surface area contributed by atoms with E-state index in [1.165, 1.54) is 0 Å². The molecule has 1 aromatic carbocycles. The second-order valence-corrected chi connectivity index (χ2v) is 5.28. The predicted octanol–water partition coefficient (Wildman–Crippen LogP) is 2.46. The molecule has 2 rings (SSSR count). The van der Waals surface area contributed by atoms with E-state index in [4.69, 9.17) is 0 Å². The summed E-state index contributed by atoms with van der Waals surface area (Å²) in [6, 6.07) is 5.60. The van der Waals surface area contributed by atoms with E-state index in [0.717, 1.165) is 22.3 Å². The quantitative estimate of drug-likeness (QED) is 0.940. The van der Waals surface area contributed by atoms with Gasteiger partial charge in [0.25, 0.3) is 5.91 Å². The number of amides is 1. The maximum absolute atomic E-state index is 12.0. The summed E-state index contributed by atoms with van der Waals surface area (Å²) in [4.78, 5) is 16.2. The Morgan fingerprint density at radius 3 is 2.89 bits per heavy atom. The van der Waals surface area contributed by atoms with Crippen molar-refractivity contribution in [2.45, 2.75) is 13.3 Å². The van der Waals surface area contributed by atoms with Gasteiger partial charge in [-0.1, -0.05) is 22.0 Å². The smallest absolute Gasteiger partial charge is 0.251 e. The lowest BCUT2D eigenvalue weighted by Gasteiger charge is -2.07. The van der Waals surface area contributed by atoms with Crippen molar-refractivity contribution in [2.75, 3.05) is 6.54 Å². The first-order chi connectivity index (χ1) is 9.08. The number of aryl methyl sites for hydroxylation is 2. The number of nitrogens with one attached hydrogen (secondary N) is 1. The largest absolute Gasteiger partial charge is 0.352 e. The molecule has 0 atom stereocenters. The molecule has 19 heavy (non-hydrogen) atoms. The van der Waals surface area contributed by atoms with Crippen molar-refractivity contribution in [1.29, 1.82) is 0 Å². The maximum Gasteiger partial charge on any atom is 0.251 e. The molecule has 0 saturated carbocycles.